The summed E-state index contributed by atoms with van der Waals surface area (Å²) in [5.41, 5.74) is 7.73. The highest BCUT2D eigenvalue weighted by atomic mass is 32.1. The van der Waals surface area contributed by atoms with Crippen LogP contribution in [0.1, 0.15) is 6.92 Å². The largest absolute Gasteiger partial charge is 0.362 e. The van der Waals surface area contributed by atoms with Crippen molar-refractivity contribution in [3.63, 3.8) is 0 Å². The molecule has 0 aromatic rings. The van der Waals surface area contributed by atoms with Gasteiger partial charge in [-0.1, -0.05) is 0 Å². The maximum absolute atomic E-state index is 5.14. The Labute approximate surface area is 65.9 Å². The van der Waals surface area contributed by atoms with Crippen LogP contribution in [0.2, 0.25) is 0 Å². The SMILES string of the molecule is CCNC(=S)NN=CCN. The molecule has 0 aromatic heterocycles. The van der Waals surface area contributed by atoms with Gasteiger partial charge in [-0.05, 0) is 19.1 Å². The van der Waals surface area contributed by atoms with Crippen molar-refractivity contribution in [3.8, 4) is 0 Å². The Bertz CT molecular complexity index is 123. The lowest BCUT2D eigenvalue weighted by Gasteiger charge is -2.01. The van der Waals surface area contributed by atoms with Gasteiger partial charge in [-0.25, -0.2) is 0 Å². The molecule has 5 heteroatoms. The van der Waals surface area contributed by atoms with Crippen LogP contribution in [0.5, 0.6) is 0 Å². The summed E-state index contributed by atoms with van der Waals surface area (Å²) in [6.45, 7) is 3.17. The zero-order valence-corrected chi connectivity index (χ0v) is 6.74. The molecule has 0 heterocycles. The molecule has 0 aliphatic carbocycles. The first-order valence-electron chi connectivity index (χ1n) is 3.06. The second-order valence-corrected chi connectivity index (χ2v) is 1.93. The summed E-state index contributed by atoms with van der Waals surface area (Å²) in [5, 5.41) is 7.10. The molecule has 0 rings (SSSR count). The standard InChI is InChI=1S/C5H12N4S/c1-2-7-5(10)9-8-4-3-6/h4H,2-3,6H2,1H3,(H2,7,9,10). The molecular weight excluding hydrogens is 148 g/mol. The molecular formula is C5H12N4S. The summed E-state index contributed by atoms with van der Waals surface area (Å²) in [4.78, 5) is 0. The minimum Gasteiger partial charge on any atom is -0.362 e. The Morgan fingerprint density at radius 1 is 1.80 bits per heavy atom. The monoisotopic (exact) mass is 160 g/mol. The number of nitrogens with two attached hydrogens (primary N) is 1. The lowest BCUT2D eigenvalue weighted by atomic mass is 10.7. The van der Waals surface area contributed by atoms with Crippen LogP contribution in [0.25, 0.3) is 0 Å². The van der Waals surface area contributed by atoms with Crippen molar-refractivity contribution in [1.29, 1.82) is 0 Å². The van der Waals surface area contributed by atoms with E-state index in [9.17, 15) is 0 Å². The third-order valence-electron chi connectivity index (χ3n) is 0.700. The third kappa shape index (κ3) is 5.46. The molecule has 0 amide bonds. The Kier molecular flexibility index (Phi) is 6.00. The van der Waals surface area contributed by atoms with Crippen LogP contribution in [-0.2, 0) is 0 Å². The fourth-order valence-corrected chi connectivity index (χ4v) is 0.554. The summed E-state index contributed by atoms with van der Waals surface area (Å²) < 4.78 is 0. The smallest absolute Gasteiger partial charge is 0.186 e. The number of nitrogens with zero attached hydrogens (tertiary/aromatic N) is 1. The Hall–Kier alpha value is -0.680. The topological polar surface area (TPSA) is 62.4 Å². The molecule has 4 nitrogen and oxygen atoms in total. The average molecular weight is 160 g/mol. The maximum atomic E-state index is 5.14. The normalized spacial score (nSPS) is 9.80. The van der Waals surface area contributed by atoms with Crippen molar-refractivity contribution in [2.24, 2.45) is 10.8 Å². The molecule has 0 saturated heterocycles. The molecule has 4 N–H and O–H groups in total. The first-order valence-corrected chi connectivity index (χ1v) is 3.47. The Balaban J connectivity index is 3.30. The van der Waals surface area contributed by atoms with E-state index in [1.165, 1.54) is 0 Å². The molecule has 0 saturated carbocycles. The van der Waals surface area contributed by atoms with Crippen LogP contribution in [0.3, 0.4) is 0 Å². The minimum atomic E-state index is 0.418. The predicted octanol–water partition coefficient (Wildman–Crippen LogP) is -0.585. The predicted molar refractivity (Wildman–Crippen MR) is 47.0 cm³/mol. The average Bonchev–Trinajstić information content (AvgIpc) is 1.89. The van der Waals surface area contributed by atoms with E-state index in [4.69, 9.17) is 18.0 Å². The molecule has 0 fully saturated rings. The quantitative estimate of drug-likeness (QED) is 0.293. The van der Waals surface area contributed by atoms with Crippen LogP contribution in [0.4, 0.5) is 0 Å². The molecule has 0 radical (unpaired) electrons. The van der Waals surface area contributed by atoms with Gasteiger partial charge in [-0.15, -0.1) is 0 Å². The summed E-state index contributed by atoms with van der Waals surface area (Å²) in [6.07, 6.45) is 1.55. The van der Waals surface area contributed by atoms with Crippen molar-refractivity contribution in [1.82, 2.24) is 10.7 Å². The van der Waals surface area contributed by atoms with Gasteiger partial charge in [-0.2, -0.15) is 5.10 Å². The first kappa shape index (κ1) is 9.32. The van der Waals surface area contributed by atoms with Crippen molar-refractivity contribution < 1.29 is 0 Å². The highest BCUT2D eigenvalue weighted by molar-refractivity contribution is 7.80. The van der Waals surface area contributed by atoms with E-state index in [0.717, 1.165) is 6.54 Å². The van der Waals surface area contributed by atoms with E-state index in [0.29, 0.717) is 11.7 Å². The molecule has 0 aromatic carbocycles. The van der Waals surface area contributed by atoms with E-state index in [1.807, 2.05) is 6.92 Å². The van der Waals surface area contributed by atoms with Gasteiger partial charge in [0.05, 0.1) is 0 Å². The Morgan fingerprint density at radius 3 is 3.00 bits per heavy atom. The van der Waals surface area contributed by atoms with Crippen molar-refractivity contribution >= 4 is 23.5 Å². The molecule has 10 heavy (non-hydrogen) atoms. The van der Waals surface area contributed by atoms with E-state index >= 15 is 0 Å². The molecule has 58 valence electrons. The molecule has 0 unspecified atom stereocenters. The summed E-state index contributed by atoms with van der Waals surface area (Å²) in [5.74, 6) is 0. The van der Waals surface area contributed by atoms with Crippen molar-refractivity contribution in [2.75, 3.05) is 13.1 Å². The second kappa shape index (κ2) is 6.44. The van der Waals surface area contributed by atoms with Crippen LogP contribution in [-0.4, -0.2) is 24.4 Å². The van der Waals surface area contributed by atoms with Gasteiger partial charge >= 0.3 is 0 Å². The summed E-state index contributed by atoms with van der Waals surface area (Å²) in [6, 6.07) is 0. The number of nitrogens with one attached hydrogen (secondary N) is 2. The van der Waals surface area contributed by atoms with Gasteiger partial charge in [0.1, 0.15) is 0 Å². The van der Waals surface area contributed by atoms with Gasteiger partial charge in [0, 0.05) is 19.3 Å². The number of thiocarbonyl (C=S) groups is 1. The van der Waals surface area contributed by atoms with E-state index in [-0.39, 0.29) is 0 Å². The van der Waals surface area contributed by atoms with Gasteiger partial charge in [-0.3, -0.25) is 5.43 Å². The Morgan fingerprint density at radius 2 is 2.50 bits per heavy atom. The van der Waals surface area contributed by atoms with Gasteiger partial charge in [0.2, 0.25) is 0 Å². The summed E-state index contributed by atoms with van der Waals surface area (Å²) in [7, 11) is 0. The van der Waals surface area contributed by atoms with Gasteiger partial charge in [0.25, 0.3) is 0 Å². The van der Waals surface area contributed by atoms with Crippen LogP contribution in [0, 0.1) is 0 Å². The number of hydrogen-bond donors (Lipinski definition) is 3. The fourth-order valence-electron chi connectivity index (χ4n) is 0.357. The van der Waals surface area contributed by atoms with Crippen molar-refractivity contribution in [3.05, 3.63) is 0 Å². The number of rotatable bonds is 3. The van der Waals surface area contributed by atoms with E-state index < -0.39 is 0 Å². The molecule has 0 bridgehead atoms. The van der Waals surface area contributed by atoms with Crippen LogP contribution >= 0.6 is 12.2 Å². The summed E-state index contributed by atoms with van der Waals surface area (Å²) >= 11 is 4.79. The van der Waals surface area contributed by atoms with Gasteiger partial charge < -0.3 is 11.1 Å². The highest BCUT2D eigenvalue weighted by Crippen LogP contribution is 1.64. The first-order chi connectivity index (χ1) is 4.81. The van der Waals surface area contributed by atoms with E-state index in [1.54, 1.807) is 6.21 Å². The zero-order chi connectivity index (χ0) is 7.82. The van der Waals surface area contributed by atoms with Crippen LogP contribution < -0.4 is 16.5 Å². The second-order valence-electron chi connectivity index (χ2n) is 1.52. The van der Waals surface area contributed by atoms with Crippen LogP contribution in [0.15, 0.2) is 5.10 Å². The lowest BCUT2D eigenvalue weighted by Crippen LogP contribution is -2.31. The zero-order valence-electron chi connectivity index (χ0n) is 5.92. The lowest BCUT2D eigenvalue weighted by molar-refractivity contribution is 0.902. The van der Waals surface area contributed by atoms with Crippen molar-refractivity contribution in [2.45, 2.75) is 6.92 Å². The minimum absolute atomic E-state index is 0.418. The molecule has 0 aliphatic rings. The molecule has 0 aliphatic heterocycles. The fraction of sp³-hybridized carbons (Fsp3) is 0.600. The highest BCUT2D eigenvalue weighted by Gasteiger charge is 1.85. The van der Waals surface area contributed by atoms with Gasteiger partial charge in [0.15, 0.2) is 5.11 Å². The number of hydrogen-bond acceptors (Lipinski definition) is 3. The molecule has 0 spiro atoms. The maximum Gasteiger partial charge on any atom is 0.186 e. The number of hydrazone groups is 1. The molecule has 0 atom stereocenters. The third-order valence-corrected chi connectivity index (χ3v) is 0.936. The van der Waals surface area contributed by atoms with E-state index in [2.05, 4.69) is 15.8 Å².